The smallest absolute Gasteiger partial charge is 0.161 e. The first kappa shape index (κ1) is 13.6. The molecule has 0 atom stereocenters. The second kappa shape index (κ2) is 5.21. The summed E-state index contributed by atoms with van der Waals surface area (Å²) in [4.78, 5) is 11.7. The lowest BCUT2D eigenvalue weighted by Crippen LogP contribution is -2.05. The molecule has 2 aromatic carbocycles. The minimum atomic E-state index is 0.132. The zero-order valence-corrected chi connectivity index (χ0v) is 12.7. The number of nitrogens with zero attached hydrogens (tertiary/aromatic N) is 1. The van der Waals surface area contributed by atoms with Crippen LogP contribution >= 0.6 is 0 Å². The maximum Gasteiger partial charge on any atom is 0.161 e. The largest absolute Gasteiger partial charge is 0.344 e. The molecule has 0 aliphatic rings. The Bertz CT molecular complexity index is 821. The van der Waals surface area contributed by atoms with Gasteiger partial charge in [0.15, 0.2) is 5.78 Å². The van der Waals surface area contributed by atoms with E-state index in [1.807, 2.05) is 13.0 Å². The van der Waals surface area contributed by atoms with Crippen LogP contribution in [-0.4, -0.2) is 10.4 Å². The van der Waals surface area contributed by atoms with E-state index < -0.39 is 0 Å². The molecule has 0 aliphatic carbocycles. The fourth-order valence-corrected chi connectivity index (χ4v) is 3.00. The van der Waals surface area contributed by atoms with Crippen LogP contribution < -0.4 is 0 Å². The molecule has 0 saturated carbocycles. The SMILES string of the molecule is CC(=O)c1cc(C)n(Cc2cccc3ccccc23)c1C. The Kier molecular flexibility index (Phi) is 3.38. The van der Waals surface area contributed by atoms with Crippen LogP contribution in [0.5, 0.6) is 0 Å². The zero-order valence-electron chi connectivity index (χ0n) is 12.7. The van der Waals surface area contributed by atoms with Gasteiger partial charge in [-0.05, 0) is 43.2 Å². The summed E-state index contributed by atoms with van der Waals surface area (Å²) in [5, 5.41) is 2.53. The summed E-state index contributed by atoms with van der Waals surface area (Å²) in [5.41, 5.74) is 4.29. The topological polar surface area (TPSA) is 22.0 Å². The minimum absolute atomic E-state index is 0.132. The quantitative estimate of drug-likeness (QED) is 0.646. The Labute approximate surface area is 125 Å². The molecule has 0 spiro atoms. The van der Waals surface area contributed by atoms with Crippen LogP contribution in [0.3, 0.4) is 0 Å². The first-order valence-electron chi connectivity index (χ1n) is 7.22. The summed E-state index contributed by atoms with van der Waals surface area (Å²) < 4.78 is 2.22. The molecule has 0 saturated heterocycles. The van der Waals surface area contributed by atoms with E-state index in [0.717, 1.165) is 23.5 Å². The predicted molar refractivity (Wildman–Crippen MR) is 87.0 cm³/mol. The second-order valence-electron chi connectivity index (χ2n) is 5.57. The molecule has 0 N–H and O–H groups in total. The van der Waals surface area contributed by atoms with Crippen LogP contribution in [0, 0.1) is 13.8 Å². The summed E-state index contributed by atoms with van der Waals surface area (Å²) in [5.74, 6) is 0.132. The highest BCUT2D eigenvalue weighted by atomic mass is 16.1. The number of aryl methyl sites for hydroxylation is 1. The molecular weight excluding hydrogens is 258 g/mol. The van der Waals surface area contributed by atoms with Crippen molar-refractivity contribution in [2.24, 2.45) is 0 Å². The zero-order chi connectivity index (χ0) is 15.0. The lowest BCUT2D eigenvalue weighted by molar-refractivity contribution is 0.101. The van der Waals surface area contributed by atoms with E-state index in [2.05, 4.69) is 54.0 Å². The summed E-state index contributed by atoms with van der Waals surface area (Å²) in [6, 6.07) is 16.8. The van der Waals surface area contributed by atoms with Crippen molar-refractivity contribution in [3.63, 3.8) is 0 Å². The molecular formula is C19H19NO. The molecule has 3 aromatic rings. The van der Waals surface area contributed by atoms with Crippen molar-refractivity contribution in [1.29, 1.82) is 0 Å². The van der Waals surface area contributed by atoms with Crippen LogP contribution in [0.1, 0.15) is 34.2 Å². The molecule has 1 aromatic heterocycles. The second-order valence-corrected chi connectivity index (χ2v) is 5.57. The van der Waals surface area contributed by atoms with Gasteiger partial charge in [0.05, 0.1) is 0 Å². The summed E-state index contributed by atoms with van der Waals surface area (Å²) in [7, 11) is 0. The molecule has 21 heavy (non-hydrogen) atoms. The fourth-order valence-electron chi connectivity index (χ4n) is 3.00. The van der Waals surface area contributed by atoms with Gasteiger partial charge in [-0.1, -0.05) is 42.5 Å². The molecule has 0 aliphatic heterocycles. The number of hydrogen-bond donors (Lipinski definition) is 0. The molecule has 3 rings (SSSR count). The summed E-state index contributed by atoms with van der Waals surface area (Å²) in [6.07, 6.45) is 0. The molecule has 2 nitrogen and oxygen atoms in total. The Morgan fingerprint density at radius 3 is 2.48 bits per heavy atom. The van der Waals surface area contributed by atoms with E-state index in [4.69, 9.17) is 0 Å². The number of hydrogen-bond acceptors (Lipinski definition) is 1. The van der Waals surface area contributed by atoms with Gasteiger partial charge in [-0.2, -0.15) is 0 Å². The number of rotatable bonds is 3. The van der Waals surface area contributed by atoms with E-state index in [-0.39, 0.29) is 5.78 Å². The number of benzene rings is 2. The number of fused-ring (bicyclic) bond motifs is 1. The molecule has 1 heterocycles. The highest BCUT2D eigenvalue weighted by Gasteiger charge is 2.13. The van der Waals surface area contributed by atoms with Gasteiger partial charge >= 0.3 is 0 Å². The van der Waals surface area contributed by atoms with Gasteiger partial charge in [0, 0.05) is 23.5 Å². The lowest BCUT2D eigenvalue weighted by atomic mass is 10.0. The first-order valence-corrected chi connectivity index (χ1v) is 7.22. The number of aromatic nitrogens is 1. The predicted octanol–water partition coefficient (Wildman–Crippen LogP) is 4.51. The maximum absolute atomic E-state index is 11.7. The third-order valence-corrected chi connectivity index (χ3v) is 4.16. The van der Waals surface area contributed by atoms with Crippen LogP contribution in [0.2, 0.25) is 0 Å². The van der Waals surface area contributed by atoms with E-state index >= 15 is 0 Å². The van der Waals surface area contributed by atoms with Gasteiger partial charge in [0.2, 0.25) is 0 Å². The van der Waals surface area contributed by atoms with Gasteiger partial charge in [-0.3, -0.25) is 4.79 Å². The van der Waals surface area contributed by atoms with E-state index in [9.17, 15) is 4.79 Å². The minimum Gasteiger partial charge on any atom is -0.344 e. The van der Waals surface area contributed by atoms with Crippen LogP contribution in [0.25, 0.3) is 10.8 Å². The van der Waals surface area contributed by atoms with Crippen molar-refractivity contribution >= 4 is 16.6 Å². The number of carbonyl (C=O) groups is 1. The van der Waals surface area contributed by atoms with Crippen LogP contribution in [0.15, 0.2) is 48.5 Å². The number of Topliss-reactive ketones (excluding diaryl/α,β-unsaturated/α-hetero) is 1. The maximum atomic E-state index is 11.7. The Morgan fingerprint density at radius 2 is 1.76 bits per heavy atom. The van der Waals surface area contributed by atoms with Crippen LogP contribution in [0.4, 0.5) is 0 Å². The van der Waals surface area contributed by atoms with Crippen molar-refractivity contribution in [2.45, 2.75) is 27.3 Å². The summed E-state index contributed by atoms with van der Waals surface area (Å²) >= 11 is 0. The highest BCUT2D eigenvalue weighted by Crippen LogP contribution is 2.22. The number of ketones is 1. The van der Waals surface area contributed by atoms with Gasteiger partial charge in [-0.15, -0.1) is 0 Å². The lowest BCUT2D eigenvalue weighted by Gasteiger charge is -2.12. The third kappa shape index (κ3) is 2.38. The monoisotopic (exact) mass is 277 g/mol. The van der Waals surface area contributed by atoms with Crippen LogP contribution in [-0.2, 0) is 6.54 Å². The highest BCUT2D eigenvalue weighted by molar-refractivity contribution is 5.95. The van der Waals surface area contributed by atoms with Crippen molar-refractivity contribution < 1.29 is 4.79 Å². The van der Waals surface area contributed by atoms with Gasteiger partial charge in [-0.25, -0.2) is 0 Å². The molecule has 0 amide bonds. The average Bonchev–Trinajstić information content (AvgIpc) is 2.76. The molecule has 0 bridgehead atoms. The normalized spacial score (nSPS) is 11.0. The van der Waals surface area contributed by atoms with E-state index in [1.165, 1.54) is 16.3 Å². The van der Waals surface area contributed by atoms with Gasteiger partial charge in [0.25, 0.3) is 0 Å². The van der Waals surface area contributed by atoms with Crippen molar-refractivity contribution in [2.75, 3.05) is 0 Å². The Morgan fingerprint density at radius 1 is 1.05 bits per heavy atom. The molecule has 0 fully saturated rings. The Hall–Kier alpha value is -2.35. The van der Waals surface area contributed by atoms with E-state index in [1.54, 1.807) is 6.92 Å². The molecule has 0 radical (unpaired) electrons. The van der Waals surface area contributed by atoms with Crippen molar-refractivity contribution in [3.8, 4) is 0 Å². The fraction of sp³-hybridized carbons (Fsp3) is 0.211. The van der Waals surface area contributed by atoms with Gasteiger partial charge < -0.3 is 4.57 Å². The van der Waals surface area contributed by atoms with Crippen molar-refractivity contribution in [3.05, 3.63) is 71.0 Å². The molecule has 106 valence electrons. The average molecular weight is 277 g/mol. The standard InChI is InChI=1S/C19H19NO/c1-13-11-19(15(3)21)14(2)20(13)12-17-9-6-8-16-7-4-5-10-18(16)17/h4-11H,12H2,1-3H3. The Balaban J connectivity index is 2.09. The number of carbonyl (C=O) groups excluding carboxylic acids is 1. The molecule has 2 heteroatoms. The van der Waals surface area contributed by atoms with Gasteiger partial charge in [0.1, 0.15) is 0 Å². The van der Waals surface area contributed by atoms with Crippen molar-refractivity contribution in [1.82, 2.24) is 4.57 Å². The van der Waals surface area contributed by atoms with E-state index in [0.29, 0.717) is 0 Å². The third-order valence-electron chi connectivity index (χ3n) is 4.16. The summed E-state index contributed by atoms with van der Waals surface area (Å²) in [6.45, 7) is 6.51. The molecule has 0 unspecified atom stereocenters. The first-order chi connectivity index (χ1) is 10.1.